The highest BCUT2D eigenvalue weighted by Crippen LogP contribution is 2.38. The molecule has 0 amide bonds. The van der Waals surface area contributed by atoms with Crippen molar-refractivity contribution in [3.63, 3.8) is 0 Å². The molecule has 2 aliphatic heterocycles. The Morgan fingerprint density at radius 2 is 1.55 bits per heavy atom. The smallest absolute Gasteiger partial charge is 0.153 e. The van der Waals surface area contributed by atoms with E-state index in [2.05, 4.69) is 21.0 Å². The van der Waals surface area contributed by atoms with Crippen LogP contribution in [0.1, 0.15) is 11.3 Å². The van der Waals surface area contributed by atoms with Crippen molar-refractivity contribution in [2.75, 3.05) is 36.8 Å². The third-order valence-corrected chi connectivity index (χ3v) is 5.56. The van der Waals surface area contributed by atoms with Crippen LogP contribution in [0.2, 0.25) is 0 Å². The average molecular weight is 388 g/mol. The Morgan fingerprint density at radius 3 is 2.28 bits per heavy atom. The van der Waals surface area contributed by atoms with E-state index in [9.17, 15) is 0 Å². The molecule has 0 spiro atoms. The van der Waals surface area contributed by atoms with Crippen LogP contribution in [0.15, 0.2) is 53.5 Å². The number of aryl methyl sites for hydroxylation is 2. The maximum Gasteiger partial charge on any atom is 0.153 e. The van der Waals surface area contributed by atoms with Gasteiger partial charge in [-0.2, -0.15) is 5.10 Å². The number of aliphatic imine (C=N–C) groups is 1. The number of piperazine rings is 1. The van der Waals surface area contributed by atoms with Crippen LogP contribution in [0, 0.1) is 6.92 Å². The van der Waals surface area contributed by atoms with Crippen molar-refractivity contribution in [3.05, 3.63) is 59.8 Å². The lowest BCUT2D eigenvalue weighted by atomic mass is 10.1. The molecule has 2 aliphatic rings. The van der Waals surface area contributed by atoms with Gasteiger partial charge in [-0.1, -0.05) is 24.3 Å². The highest BCUT2D eigenvalue weighted by Gasteiger charge is 2.27. The SMILES string of the molecule is Cc1nn(C)c(N2CCN(C3=Nc4ccccc4Oc4ccccc43)CC2)c1N. The molecule has 29 heavy (non-hydrogen) atoms. The van der Waals surface area contributed by atoms with E-state index in [0.717, 1.165) is 72.0 Å². The van der Waals surface area contributed by atoms with E-state index in [-0.39, 0.29) is 0 Å². The standard InChI is InChI=1S/C22H24N6O/c1-15-20(23)22(26(2)25-15)28-13-11-27(12-14-28)21-16-7-3-5-9-18(16)29-19-10-6-4-8-17(19)24-21/h3-10H,11-14,23H2,1-2H3. The molecule has 7 heteroatoms. The summed E-state index contributed by atoms with van der Waals surface area (Å²) in [6.07, 6.45) is 0. The summed E-state index contributed by atoms with van der Waals surface area (Å²) < 4.78 is 8.05. The van der Waals surface area contributed by atoms with E-state index in [4.69, 9.17) is 15.5 Å². The molecule has 5 rings (SSSR count). The van der Waals surface area contributed by atoms with Crippen LogP contribution < -0.4 is 15.4 Å². The molecule has 148 valence electrons. The summed E-state index contributed by atoms with van der Waals surface area (Å²) in [4.78, 5) is 9.64. The Labute approximate surface area is 170 Å². The minimum Gasteiger partial charge on any atom is -0.454 e. The van der Waals surface area contributed by atoms with Crippen molar-refractivity contribution in [1.82, 2.24) is 14.7 Å². The molecule has 3 aromatic rings. The number of fused-ring (bicyclic) bond motifs is 2. The van der Waals surface area contributed by atoms with E-state index >= 15 is 0 Å². The first-order valence-electron chi connectivity index (χ1n) is 9.86. The summed E-state index contributed by atoms with van der Waals surface area (Å²) in [6, 6.07) is 16.0. The molecule has 0 bridgehead atoms. The Balaban J connectivity index is 1.46. The van der Waals surface area contributed by atoms with Gasteiger partial charge in [0.15, 0.2) is 11.6 Å². The quantitative estimate of drug-likeness (QED) is 0.692. The van der Waals surface area contributed by atoms with Gasteiger partial charge in [0, 0.05) is 33.2 Å². The number of para-hydroxylation sites is 3. The van der Waals surface area contributed by atoms with Crippen molar-refractivity contribution in [1.29, 1.82) is 0 Å². The molecule has 0 radical (unpaired) electrons. The number of nitrogens with zero attached hydrogens (tertiary/aromatic N) is 5. The van der Waals surface area contributed by atoms with E-state index < -0.39 is 0 Å². The fraction of sp³-hybridized carbons (Fsp3) is 0.273. The minimum atomic E-state index is 0.764. The van der Waals surface area contributed by atoms with Crippen LogP contribution in [-0.2, 0) is 7.05 Å². The number of amidine groups is 1. The molecule has 1 aromatic heterocycles. The van der Waals surface area contributed by atoms with Gasteiger partial charge in [0.2, 0.25) is 0 Å². The van der Waals surface area contributed by atoms with Gasteiger partial charge in [-0.3, -0.25) is 4.68 Å². The Hall–Kier alpha value is -3.48. The first kappa shape index (κ1) is 17.6. The predicted molar refractivity (Wildman–Crippen MR) is 115 cm³/mol. The zero-order valence-corrected chi connectivity index (χ0v) is 16.7. The zero-order valence-electron chi connectivity index (χ0n) is 16.7. The molecule has 3 heterocycles. The van der Waals surface area contributed by atoms with Crippen LogP contribution in [0.3, 0.4) is 0 Å². The van der Waals surface area contributed by atoms with E-state index in [0.29, 0.717) is 0 Å². The van der Waals surface area contributed by atoms with Gasteiger partial charge in [-0.05, 0) is 31.2 Å². The van der Waals surface area contributed by atoms with Gasteiger partial charge >= 0.3 is 0 Å². The highest BCUT2D eigenvalue weighted by atomic mass is 16.5. The van der Waals surface area contributed by atoms with Gasteiger partial charge in [0.25, 0.3) is 0 Å². The fourth-order valence-electron chi connectivity index (χ4n) is 4.08. The van der Waals surface area contributed by atoms with E-state index in [1.165, 1.54) is 0 Å². The second-order valence-electron chi connectivity index (χ2n) is 7.42. The number of rotatable bonds is 1. The number of ether oxygens (including phenoxy) is 1. The molecule has 0 unspecified atom stereocenters. The van der Waals surface area contributed by atoms with Gasteiger partial charge < -0.3 is 20.3 Å². The van der Waals surface area contributed by atoms with Crippen molar-refractivity contribution in [2.45, 2.75) is 6.92 Å². The summed E-state index contributed by atoms with van der Waals surface area (Å²) in [7, 11) is 1.95. The first-order valence-corrected chi connectivity index (χ1v) is 9.86. The monoisotopic (exact) mass is 388 g/mol. The molecule has 1 fully saturated rings. The third-order valence-electron chi connectivity index (χ3n) is 5.56. The van der Waals surface area contributed by atoms with Crippen molar-refractivity contribution in [3.8, 4) is 11.5 Å². The largest absolute Gasteiger partial charge is 0.454 e. The fourth-order valence-corrected chi connectivity index (χ4v) is 4.08. The lowest BCUT2D eigenvalue weighted by Gasteiger charge is -2.37. The average Bonchev–Trinajstić information content (AvgIpc) is 2.90. The number of benzene rings is 2. The van der Waals surface area contributed by atoms with Crippen molar-refractivity contribution >= 4 is 23.0 Å². The number of hydrogen-bond donors (Lipinski definition) is 1. The van der Waals surface area contributed by atoms with E-state index in [1.807, 2.05) is 61.1 Å². The summed E-state index contributed by atoms with van der Waals surface area (Å²) in [5.41, 5.74) is 9.79. The molecule has 0 atom stereocenters. The van der Waals surface area contributed by atoms with Gasteiger partial charge in [-0.15, -0.1) is 0 Å². The second-order valence-corrected chi connectivity index (χ2v) is 7.42. The Morgan fingerprint density at radius 1 is 0.897 bits per heavy atom. The van der Waals surface area contributed by atoms with Gasteiger partial charge in [0.1, 0.15) is 17.3 Å². The molecule has 2 aromatic carbocycles. The number of hydrogen-bond acceptors (Lipinski definition) is 6. The van der Waals surface area contributed by atoms with Crippen LogP contribution in [0.25, 0.3) is 0 Å². The summed E-state index contributed by atoms with van der Waals surface area (Å²) >= 11 is 0. The number of anilines is 2. The van der Waals surface area contributed by atoms with Crippen LogP contribution >= 0.6 is 0 Å². The van der Waals surface area contributed by atoms with Crippen LogP contribution in [-0.4, -0.2) is 46.7 Å². The van der Waals surface area contributed by atoms with Crippen molar-refractivity contribution in [2.24, 2.45) is 12.0 Å². The molecule has 1 saturated heterocycles. The predicted octanol–water partition coefficient (Wildman–Crippen LogP) is 3.32. The maximum atomic E-state index is 6.27. The second kappa shape index (κ2) is 6.84. The Kier molecular flexibility index (Phi) is 4.16. The first-order chi connectivity index (χ1) is 14.1. The highest BCUT2D eigenvalue weighted by molar-refractivity contribution is 6.03. The normalized spacial score (nSPS) is 15.9. The van der Waals surface area contributed by atoms with Crippen molar-refractivity contribution < 1.29 is 4.74 Å². The van der Waals surface area contributed by atoms with Gasteiger partial charge in [-0.25, -0.2) is 4.99 Å². The zero-order chi connectivity index (χ0) is 20.0. The van der Waals surface area contributed by atoms with Crippen LogP contribution in [0.5, 0.6) is 11.5 Å². The summed E-state index contributed by atoms with van der Waals surface area (Å²) in [6.45, 7) is 5.35. The number of nitrogen functional groups attached to an aromatic ring is 1. The van der Waals surface area contributed by atoms with E-state index in [1.54, 1.807) is 0 Å². The van der Waals surface area contributed by atoms with Crippen LogP contribution in [0.4, 0.5) is 17.2 Å². The molecule has 7 nitrogen and oxygen atoms in total. The molecular formula is C22H24N6O. The lowest BCUT2D eigenvalue weighted by Crippen LogP contribution is -2.49. The topological polar surface area (TPSA) is 71.9 Å². The lowest BCUT2D eigenvalue weighted by molar-refractivity contribution is 0.383. The minimum absolute atomic E-state index is 0.764. The maximum absolute atomic E-state index is 6.27. The molecular weight excluding hydrogens is 364 g/mol. The number of aromatic nitrogens is 2. The number of nitrogens with two attached hydrogens (primary N) is 1. The Bertz CT molecular complexity index is 1090. The molecule has 0 aliphatic carbocycles. The molecule has 0 saturated carbocycles. The molecule has 2 N–H and O–H groups in total. The van der Waals surface area contributed by atoms with Gasteiger partial charge in [0.05, 0.1) is 16.9 Å². The third kappa shape index (κ3) is 2.99. The summed E-state index contributed by atoms with van der Waals surface area (Å²) in [5.74, 6) is 3.58. The summed E-state index contributed by atoms with van der Waals surface area (Å²) in [5, 5.41) is 4.46.